The van der Waals surface area contributed by atoms with Crippen molar-refractivity contribution in [1.29, 1.82) is 0 Å². The predicted molar refractivity (Wildman–Crippen MR) is 80.3 cm³/mol. The molecule has 1 unspecified atom stereocenters. The molecule has 0 N–H and O–H groups in total. The maximum absolute atomic E-state index is 12.7. The van der Waals surface area contributed by atoms with Crippen LogP contribution in [0, 0.1) is 6.92 Å². The topological polar surface area (TPSA) is 63.9 Å². The first-order chi connectivity index (χ1) is 10.2. The molecule has 2 aromatic heterocycles. The van der Waals surface area contributed by atoms with Crippen molar-refractivity contribution in [2.45, 2.75) is 45.7 Å². The van der Waals surface area contributed by atoms with E-state index in [9.17, 15) is 4.79 Å². The van der Waals surface area contributed by atoms with Crippen LogP contribution in [0.25, 0.3) is 0 Å². The summed E-state index contributed by atoms with van der Waals surface area (Å²) in [7, 11) is 0. The molecule has 3 rings (SSSR count). The molecule has 2 aromatic rings. The van der Waals surface area contributed by atoms with Crippen molar-refractivity contribution in [3.8, 4) is 0 Å². The zero-order valence-electron chi connectivity index (χ0n) is 12.3. The van der Waals surface area contributed by atoms with Gasteiger partial charge in [0.15, 0.2) is 0 Å². The van der Waals surface area contributed by atoms with E-state index >= 15 is 0 Å². The summed E-state index contributed by atoms with van der Waals surface area (Å²) < 4.78 is 5.85. The molecule has 0 radical (unpaired) electrons. The van der Waals surface area contributed by atoms with Gasteiger partial charge in [-0.15, -0.1) is 5.10 Å². The lowest BCUT2D eigenvalue weighted by Crippen LogP contribution is -2.38. The number of hydrogen-bond donors (Lipinski definition) is 0. The molecule has 1 saturated heterocycles. The van der Waals surface area contributed by atoms with Crippen molar-refractivity contribution in [2.75, 3.05) is 6.54 Å². The summed E-state index contributed by atoms with van der Waals surface area (Å²) in [5, 5.41) is 8.37. The van der Waals surface area contributed by atoms with Crippen LogP contribution < -0.4 is 0 Å². The molecule has 1 amide bonds. The average molecular weight is 305 g/mol. The van der Waals surface area contributed by atoms with E-state index < -0.39 is 0 Å². The van der Waals surface area contributed by atoms with Gasteiger partial charge in [0, 0.05) is 12.7 Å². The van der Waals surface area contributed by atoms with Crippen LogP contribution in [0.2, 0.25) is 0 Å². The SMILES string of the molecule is CCc1nnsc1C(=O)N1CCCC1Cn1cc(C)cn1. The van der Waals surface area contributed by atoms with Crippen LogP contribution in [0.3, 0.4) is 0 Å². The van der Waals surface area contributed by atoms with Gasteiger partial charge in [-0.1, -0.05) is 11.4 Å². The Morgan fingerprint density at radius 2 is 2.38 bits per heavy atom. The third-order valence-electron chi connectivity index (χ3n) is 3.88. The van der Waals surface area contributed by atoms with Crippen LogP contribution in [-0.2, 0) is 13.0 Å². The summed E-state index contributed by atoms with van der Waals surface area (Å²) in [6.07, 6.45) is 6.69. The summed E-state index contributed by atoms with van der Waals surface area (Å²) in [4.78, 5) is 15.4. The number of hydrogen-bond acceptors (Lipinski definition) is 5. The zero-order valence-corrected chi connectivity index (χ0v) is 13.1. The number of nitrogens with zero attached hydrogens (tertiary/aromatic N) is 5. The molecule has 1 aliphatic heterocycles. The number of rotatable bonds is 4. The Kier molecular flexibility index (Phi) is 4.01. The third kappa shape index (κ3) is 2.83. The number of carbonyl (C=O) groups is 1. The highest BCUT2D eigenvalue weighted by molar-refractivity contribution is 7.08. The molecule has 112 valence electrons. The summed E-state index contributed by atoms with van der Waals surface area (Å²) in [6.45, 7) is 5.59. The quantitative estimate of drug-likeness (QED) is 0.865. The van der Waals surface area contributed by atoms with Gasteiger partial charge in [0.2, 0.25) is 0 Å². The van der Waals surface area contributed by atoms with Gasteiger partial charge in [0.1, 0.15) is 4.88 Å². The second-order valence-corrected chi connectivity index (χ2v) is 6.19. The van der Waals surface area contributed by atoms with Gasteiger partial charge in [0.05, 0.1) is 24.5 Å². The second-order valence-electron chi connectivity index (χ2n) is 5.44. The number of likely N-dealkylation sites (tertiary alicyclic amines) is 1. The van der Waals surface area contributed by atoms with E-state index in [1.165, 1.54) is 11.5 Å². The summed E-state index contributed by atoms with van der Waals surface area (Å²) >= 11 is 1.21. The van der Waals surface area contributed by atoms with E-state index in [0.717, 1.165) is 43.6 Å². The summed E-state index contributed by atoms with van der Waals surface area (Å²) in [5.41, 5.74) is 1.95. The van der Waals surface area contributed by atoms with Crippen molar-refractivity contribution >= 4 is 17.4 Å². The molecule has 0 aromatic carbocycles. The summed E-state index contributed by atoms with van der Waals surface area (Å²) in [5.74, 6) is 0.0771. The van der Waals surface area contributed by atoms with E-state index in [-0.39, 0.29) is 11.9 Å². The predicted octanol–water partition coefficient (Wildman–Crippen LogP) is 1.91. The molecule has 3 heterocycles. The van der Waals surface area contributed by atoms with Crippen LogP contribution in [0.4, 0.5) is 0 Å². The fourth-order valence-corrected chi connectivity index (χ4v) is 3.52. The van der Waals surface area contributed by atoms with Gasteiger partial charge >= 0.3 is 0 Å². The zero-order chi connectivity index (χ0) is 14.8. The molecule has 0 bridgehead atoms. The molecule has 6 nitrogen and oxygen atoms in total. The van der Waals surface area contributed by atoms with Crippen LogP contribution >= 0.6 is 11.5 Å². The Bertz CT molecular complexity index is 635. The standard InChI is InChI=1S/C14H19N5OS/c1-3-12-13(21-17-16-12)14(20)19-6-4-5-11(19)9-18-8-10(2)7-15-18/h7-8,11H,3-6,9H2,1-2H3. The first kappa shape index (κ1) is 14.2. The van der Waals surface area contributed by atoms with Crippen molar-refractivity contribution in [1.82, 2.24) is 24.3 Å². The van der Waals surface area contributed by atoms with Crippen LogP contribution in [-0.4, -0.2) is 42.8 Å². The van der Waals surface area contributed by atoms with Crippen LogP contribution in [0.1, 0.15) is 40.7 Å². The Hall–Kier alpha value is -1.76. The van der Waals surface area contributed by atoms with E-state index in [2.05, 4.69) is 14.7 Å². The van der Waals surface area contributed by atoms with E-state index in [4.69, 9.17) is 0 Å². The molecule has 0 spiro atoms. The van der Waals surface area contributed by atoms with E-state index in [0.29, 0.717) is 4.88 Å². The maximum Gasteiger partial charge on any atom is 0.267 e. The van der Waals surface area contributed by atoms with E-state index in [1.807, 2.05) is 35.8 Å². The van der Waals surface area contributed by atoms with Gasteiger partial charge < -0.3 is 4.90 Å². The molecule has 7 heteroatoms. The first-order valence-corrected chi connectivity index (χ1v) is 8.07. The van der Waals surface area contributed by atoms with Crippen molar-refractivity contribution in [3.05, 3.63) is 28.5 Å². The van der Waals surface area contributed by atoms with Crippen molar-refractivity contribution in [3.63, 3.8) is 0 Å². The van der Waals surface area contributed by atoms with Crippen LogP contribution in [0.15, 0.2) is 12.4 Å². The molecular weight excluding hydrogens is 286 g/mol. The van der Waals surface area contributed by atoms with Gasteiger partial charge in [-0.05, 0) is 43.3 Å². The molecule has 1 aliphatic rings. The normalized spacial score (nSPS) is 18.4. The fraction of sp³-hybridized carbons (Fsp3) is 0.571. The Morgan fingerprint density at radius 1 is 1.52 bits per heavy atom. The highest BCUT2D eigenvalue weighted by atomic mass is 32.1. The Morgan fingerprint density at radius 3 is 3.10 bits per heavy atom. The summed E-state index contributed by atoms with van der Waals surface area (Å²) in [6, 6.07) is 0.212. The van der Waals surface area contributed by atoms with Crippen molar-refractivity contribution in [2.24, 2.45) is 0 Å². The molecular formula is C14H19N5OS. The van der Waals surface area contributed by atoms with Crippen LogP contribution in [0.5, 0.6) is 0 Å². The fourth-order valence-electron chi connectivity index (χ4n) is 2.81. The smallest absolute Gasteiger partial charge is 0.267 e. The minimum absolute atomic E-state index is 0.0771. The molecule has 0 saturated carbocycles. The number of amides is 1. The lowest BCUT2D eigenvalue weighted by Gasteiger charge is -2.24. The Balaban J connectivity index is 1.76. The third-order valence-corrected chi connectivity index (χ3v) is 4.64. The number of carbonyl (C=O) groups excluding carboxylic acids is 1. The van der Waals surface area contributed by atoms with Crippen molar-refractivity contribution < 1.29 is 4.79 Å². The van der Waals surface area contributed by atoms with E-state index in [1.54, 1.807) is 0 Å². The molecule has 1 fully saturated rings. The average Bonchev–Trinajstić information content (AvgIpc) is 3.19. The maximum atomic E-state index is 12.7. The molecule has 0 aliphatic carbocycles. The van der Waals surface area contributed by atoms with Gasteiger partial charge in [0.25, 0.3) is 5.91 Å². The Labute approximate surface area is 127 Å². The minimum Gasteiger partial charge on any atom is -0.333 e. The minimum atomic E-state index is 0.0771. The first-order valence-electron chi connectivity index (χ1n) is 7.30. The molecule has 1 atom stereocenters. The van der Waals surface area contributed by atoms with Gasteiger partial charge in [-0.2, -0.15) is 5.10 Å². The second kappa shape index (κ2) is 5.93. The molecule has 21 heavy (non-hydrogen) atoms. The largest absolute Gasteiger partial charge is 0.333 e. The highest BCUT2D eigenvalue weighted by Gasteiger charge is 2.32. The number of aromatic nitrogens is 4. The van der Waals surface area contributed by atoms with Gasteiger partial charge in [-0.25, -0.2) is 0 Å². The lowest BCUT2D eigenvalue weighted by molar-refractivity contribution is 0.0725. The monoisotopic (exact) mass is 305 g/mol. The lowest BCUT2D eigenvalue weighted by atomic mass is 10.2. The van der Waals surface area contributed by atoms with Gasteiger partial charge in [-0.3, -0.25) is 9.48 Å². The highest BCUT2D eigenvalue weighted by Crippen LogP contribution is 2.24. The number of aryl methyl sites for hydroxylation is 2.